The third-order valence-corrected chi connectivity index (χ3v) is 6.45. The van der Waals surface area contributed by atoms with Gasteiger partial charge in [-0.25, -0.2) is 8.42 Å². The van der Waals surface area contributed by atoms with Crippen LogP contribution in [0.3, 0.4) is 0 Å². The summed E-state index contributed by atoms with van der Waals surface area (Å²) >= 11 is 0. The molecule has 0 aliphatic carbocycles. The Morgan fingerprint density at radius 3 is 2.56 bits per heavy atom. The SMILES string of the molecule is Cc1cc2c(cc1C(=O)N=C(N)N)S(=O)(=O)Cc1ccc3ccccc3c1-2. The zero-order valence-corrected chi connectivity index (χ0v) is 15.4. The first kappa shape index (κ1) is 17.2. The summed E-state index contributed by atoms with van der Waals surface area (Å²) in [6.45, 7) is 1.74. The topological polar surface area (TPSA) is 116 Å². The second kappa shape index (κ2) is 5.92. The van der Waals surface area contributed by atoms with Crippen molar-refractivity contribution in [2.24, 2.45) is 16.5 Å². The van der Waals surface area contributed by atoms with Crippen LogP contribution in [0.25, 0.3) is 21.9 Å². The van der Waals surface area contributed by atoms with Gasteiger partial charge in [-0.3, -0.25) is 4.79 Å². The highest BCUT2D eigenvalue weighted by Gasteiger charge is 2.31. The molecule has 3 aromatic carbocycles. The largest absolute Gasteiger partial charge is 0.370 e. The number of hydrogen-bond acceptors (Lipinski definition) is 3. The lowest BCUT2D eigenvalue weighted by atomic mass is 9.91. The molecule has 4 N–H and O–H groups in total. The Morgan fingerprint density at radius 2 is 1.81 bits per heavy atom. The molecule has 0 unspecified atom stereocenters. The van der Waals surface area contributed by atoms with E-state index < -0.39 is 15.7 Å². The fraction of sp³-hybridized carbons (Fsp3) is 0.100. The summed E-state index contributed by atoms with van der Waals surface area (Å²) in [5, 5.41) is 2.01. The van der Waals surface area contributed by atoms with Crippen LogP contribution in [-0.2, 0) is 15.6 Å². The number of sulfone groups is 1. The number of aliphatic imine (C=N–C) groups is 1. The summed E-state index contributed by atoms with van der Waals surface area (Å²) in [5.74, 6) is -1.13. The first-order valence-corrected chi connectivity index (χ1v) is 9.95. The van der Waals surface area contributed by atoms with Gasteiger partial charge in [0.1, 0.15) is 0 Å². The van der Waals surface area contributed by atoms with Crippen LogP contribution in [0, 0.1) is 6.92 Å². The van der Waals surface area contributed by atoms with Gasteiger partial charge in [0, 0.05) is 11.1 Å². The predicted molar refractivity (Wildman–Crippen MR) is 105 cm³/mol. The van der Waals surface area contributed by atoms with Crippen LogP contribution in [0.2, 0.25) is 0 Å². The second-order valence-electron chi connectivity index (χ2n) is 6.59. The molecule has 136 valence electrons. The Bertz CT molecular complexity index is 1260. The van der Waals surface area contributed by atoms with Gasteiger partial charge in [-0.1, -0.05) is 36.4 Å². The van der Waals surface area contributed by atoms with E-state index in [4.69, 9.17) is 11.5 Å². The summed E-state index contributed by atoms with van der Waals surface area (Å²) in [4.78, 5) is 16.0. The highest BCUT2D eigenvalue weighted by Crippen LogP contribution is 2.43. The normalized spacial score (nSPS) is 14.3. The molecule has 1 amide bonds. The van der Waals surface area contributed by atoms with E-state index >= 15 is 0 Å². The average Bonchev–Trinajstić information content (AvgIpc) is 2.59. The van der Waals surface area contributed by atoms with E-state index in [-0.39, 0.29) is 22.2 Å². The summed E-state index contributed by atoms with van der Waals surface area (Å²) in [6.07, 6.45) is 0. The van der Waals surface area contributed by atoms with Crippen LogP contribution in [0.15, 0.2) is 58.4 Å². The van der Waals surface area contributed by atoms with Crippen molar-refractivity contribution < 1.29 is 13.2 Å². The Labute approximate surface area is 156 Å². The third kappa shape index (κ3) is 2.76. The molecule has 0 saturated heterocycles. The van der Waals surface area contributed by atoms with Crippen molar-refractivity contribution >= 4 is 32.5 Å². The number of benzene rings is 3. The van der Waals surface area contributed by atoms with E-state index in [1.807, 2.05) is 36.4 Å². The number of guanidine groups is 1. The molecule has 1 heterocycles. The summed E-state index contributed by atoms with van der Waals surface area (Å²) in [5.41, 5.74) is 13.6. The smallest absolute Gasteiger partial charge is 0.280 e. The molecular weight excluding hydrogens is 362 g/mol. The maximum Gasteiger partial charge on any atom is 0.280 e. The van der Waals surface area contributed by atoms with Crippen LogP contribution in [0.5, 0.6) is 0 Å². The molecule has 0 spiro atoms. The molecular formula is C20H17N3O3S. The van der Waals surface area contributed by atoms with Gasteiger partial charge in [0.15, 0.2) is 15.8 Å². The summed E-state index contributed by atoms with van der Waals surface area (Å²) in [6, 6.07) is 14.7. The lowest BCUT2D eigenvalue weighted by Gasteiger charge is -2.23. The first-order valence-electron chi connectivity index (χ1n) is 8.30. The molecule has 4 rings (SSSR count). The number of carbonyl (C=O) groups is 1. The molecule has 3 aromatic rings. The number of rotatable bonds is 1. The van der Waals surface area contributed by atoms with Gasteiger partial charge in [-0.05, 0) is 46.5 Å². The maximum absolute atomic E-state index is 12.9. The maximum atomic E-state index is 12.9. The van der Waals surface area contributed by atoms with E-state index in [0.29, 0.717) is 11.1 Å². The van der Waals surface area contributed by atoms with E-state index in [0.717, 1.165) is 21.9 Å². The predicted octanol–water partition coefficient (Wildman–Crippen LogP) is 2.52. The third-order valence-electron chi connectivity index (χ3n) is 4.75. The van der Waals surface area contributed by atoms with E-state index in [2.05, 4.69) is 4.99 Å². The van der Waals surface area contributed by atoms with Crippen molar-refractivity contribution in [2.45, 2.75) is 17.6 Å². The second-order valence-corrected chi connectivity index (χ2v) is 8.54. The Balaban J connectivity index is 2.06. The minimum Gasteiger partial charge on any atom is -0.370 e. The Kier molecular flexibility index (Phi) is 3.78. The fourth-order valence-corrected chi connectivity index (χ4v) is 5.19. The molecule has 0 atom stereocenters. The van der Waals surface area contributed by atoms with Gasteiger partial charge >= 0.3 is 0 Å². The zero-order chi connectivity index (χ0) is 19.3. The molecule has 0 fully saturated rings. The van der Waals surface area contributed by atoms with Gasteiger partial charge in [-0.15, -0.1) is 0 Å². The Morgan fingerprint density at radius 1 is 1.07 bits per heavy atom. The highest BCUT2D eigenvalue weighted by atomic mass is 32.2. The lowest BCUT2D eigenvalue weighted by Crippen LogP contribution is -2.24. The quantitative estimate of drug-likeness (QED) is 0.498. The van der Waals surface area contributed by atoms with Crippen molar-refractivity contribution in [3.8, 4) is 11.1 Å². The average molecular weight is 379 g/mol. The molecule has 0 saturated carbocycles. The number of aryl methyl sites for hydroxylation is 1. The van der Waals surface area contributed by atoms with Crippen molar-refractivity contribution in [3.63, 3.8) is 0 Å². The molecule has 0 radical (unpaired) electrons. The molecule has 6 nitrogen and oxygen atoms in total. The number of fused-ring (bicyclic) bond motifs is 5. The van der Waals surface area contributed by atoms with Gasteiger partial charge in [0.2, 0.25) is 0 Å². The van der Waals surface area contributed by atoms with Gasteiger partial charge in [0.05, 0.1) is 10.6 Å². The molecule has 1 aliphatic heterocycles. The van der Waals surface area contributed by atoms with Gasteiger partial charge < -0.3 is 11.5 Å². The summed E-state index contributed by atoms with van der Waals surface area (Å²) in [7, 11) is -3.59. The monoisotopic (exact) mass is 379 g/mol. The fourth-order valence-electron chi connectivity index (χ4n) is 3.59. The van der Waals surface area contributed by atoms with Crippen LogP contribution in [0.4, 0.5) is 0 Å². The van der Waals surface area contributed by atoms with Gasteiger partial charge in [0.25, 0.3) is 5.91 Å². The van der Waals surface area contributed by atoms with Crippen molar-refractivity contribution in [2.75, 3.05) is 0 Å². The number of amides is 1. The first-order chi connectivity index (χ1) is 12.8. The highest BCUT2D eigenvalue weighted by molar-refractivity contribution is 7.90. The molecule has 1 aliphatic rings. The van der Waals surface area contributed by atoms with Crippen LogP contribution < -0.4 is 11.5 Å². The van der Waals surface area contributed by atoms with Gasteiger partial charge in [-0.2, -0.15) is 4.99 Å². The molecule has 27 heavy (non-hydrogen) atoms. The molecule has 0 bridgehead atoms. The van der Waals surface area contributed by atoms with E-state index in [1.54, 1.807) is 13.0 Å². The minimum atomic E-state index is -3.59. The Hall–Kier alpha value is -3.19. The zero-order valence-electron chi connectivity index (χ0n) is 14.6. The number of nitrogens with two attached hydrogens (primary N) is 2. The summed E-state index contributed by atoms with van der Waals surface area (Å²) < 4.78 is 25.8. The molecule has 7 heteroatoms. The standard InChI is InChI=1S/C20H17N3O3S/c1-11-8-16-17(9-15(11)19(24)23-20(21)22)27(25,26)10-13-7-6-12-4-2-3-5-14(12)18(13)16/h2-9H,10H2,1H3,(H4,21,22,23,24). The number of hydrogen-bond donors (Lipinski definition) is 2. The lowest BCUT2D eigenvalue weighted by molar-refractivity contribution is 0.100. The van der Waals surface area contributed by atoms with E-state index in [1.165, 1.54) is 6.07 Å². The van der Waals surface area contributed by atoms with Crippen molar-refractivity contribution in [3.05, 3.63) is 65.2 Å². The molecule has 0 aromatic heterocycles. The van der Waals surface area contributed by atoms with Crippen molar-refractivity contribution in [1.82, 2.24) is 0 Å². The minimum absolute atomic E-state index is 0.112. The van der Waals surface area contributed by atoms with E-state index in [9.17, 15) is 13.2 Å². The van der Waals surface area contributed by atoms with Crippen LogP contribution >= 0.6 is 0 Å². The van der Waals surface area contributed by atoms with Crippen molar-refractivity contribution in [1.29, 1.82) is 0 Å². The number of carbonyl (C=O) groups excluding carboxylic acids is 1. The van der Waals surface area contributed by atoms with Crippen LogP contribution in [0.1, 0.15) is 21.5 Å². The number of nitrogens with zero attached hydrogens (tertiary/aromatic N) is 1. The van der Waals surface area contributed by atoms with Crippen LogP contribution in [-0.4, -0.2) is 20.3 Å².